The number of anilines is 1. The highest BCUT2D eigenvalue weighted by Crippen LogP contribution is 2.68. The summed E-state index contributed by atoms with van der Waals surface area (Å²) in [6.45, 7) is -0.0575. The number of carboxylic acids is 1. The second kappa shape index (κ2) is 7.71. The first kappa shape index (κ1) is 21.9. The maximum Gasteiger partial charge on any atom is 0.305 e. The number of thiazole rings is 1. The number of nitrogens with one attached hydrogen (secondary N) is 1. The van der Waals surface area contributed by atoms with Crippen molar-refractivity contribution < 1.29 is 19.5 Å². The number of imide groups is 1. The van der Waals surface area contributed by atoms with Crippen molar-refractivity contribution in [2.24, 2.45) is 29.6 Å². The predicted molar refractivity (Wildman–Crippen MR) is 128 cm³/mol. The Balaban J connectivity index is 1.40. The van der Waals surface area contributed by atoms with Crippen molar-refractivity contribution in [2.75, 3.05) is 25.5 Å². The molecule has 2 N–H and O–H groups in total. The molecule has 3 fully saturated rings. The molecule has 2 aliphatic heterocycles. The number of thioether (sulfide) groups is 1. The third kappa shape index (κ3) is 3.04. The summed E-state index contributed by atoms with van der Waals surface area (Å²) in [6.07, 6.45) is 0.598. The van der Waals surface area contributed by atoms with E-state index < -0.39 is 5.97 Å². The highest BCUT2D eigenvalue weighted by Gasteiger charge is 2.69. The number of nitrogens with zero attached hydrogens (tertiary/aromatic N) is 2. The summed E-state index contributed by atoms with van der Waals surface area (Å²) in [6, 6.07) is 8.39. The van der Waals surface area contributed by atoms with Crippen molar-refractivity contribution in [3.05, 3.63) is 44.4 Å². The minimum absolute atomic E-state index is 0.00617. The van der Waals surface area contributed by atoms with Gasteiger partial charge in [0.15, 0.2) is 0 Å². The molecule has 0 radical (unpaired) electrons. The quantitative estimate of drug-likeness (QED) is 0.608. The van der Waals surface area contributed by atoms with Crippen LogP contribution in [-0.4, -0.2) is 58.7 Å². The van der Waals surface area contributed by atoms with E-state index in [2.05, 4.69) is 29.2 Å². The van der Waals surface area contributed by atoms with Crippen LogP contribution in [0.3, 0.4) is 0 Å². The van der Waals surface area contributed by atoms with Gasteiger partial charge in [0.2, 0.25) is 11.8 Å². The summed E-state index contributed by atoms with van der Waals surface area (Å²) in [7, 11) is 3.99. The van der Waals surface area contributed by atoms with E-state index in [4.69, 9.17) is 5.11 Å². The van der Waals surface area contributed by atoms with E-state index in [1.54, 1.807) is 11.8 Å². The van der Waals surface area contributed by atoms with Gasteiger partial charge in [0.25, 0.3) is 0 Å². The second-order valence-corrected chi connectivity index (χ2v) is 12.1. The molecule has 1 saturated heterocycles. The Morgan fingerprint density at radius 1 is 1.12 bits per heavy atom. The number of aliphatic carboxylic acids is 1. The van der Waals surface area contributed by atoms with E-state index in [9.17, 15) is 19.2 Å². The molecule has 2 amide bonds. The van der Waals surface area contributed by atoms with Crippen molar-refractivity contribution >= 4 is 46.6 Å². The van der Waals surface area contributed by atoms with Crippen LogP contribution in [0.4, 0.5) is 5.69 Å². The molecular formula is C24H25N3O5S2. The van der Waals surface area contributed by atoms with E-state index in [1.165, 1.54) is 16.2 Å². The minimum atomic E-state index is -1.01. The molecule has 2 bridgehead atoms. The summed E-state index contributed by atoms with van der Waals surface area (Å²) in [5.74, 6) is -1.94. The molecule has 10 heteroatoms. The third-order valence-electron chi connectivity index (χ3n) is 8.13. The first-order chi connectivity index (χ1) is 16.3. The standard InChI is InChI=1S/C24H25N3O5S2/c1-26(2)11-5-3-10(4-6-11)15-16-12-9-13(19(16)33-21-20(15)34-24(32)25-21)18-17(12)22(30)27(23(18)31)8-7-14(28)29/h3-6,12-13,15-19H,7-9H2,1-2H3,(H,25,32)(H,28,29). The van der Waals surface area contributed by atoms with Crippen LogP contribution in [0.25, 0.3) is 0 Å². The Hall–Kier alpha value is -2.59. The van der Waals surface area contributed by atoms with Gasteiger partial charge in [-0.05, 0) is 41.9 Å². The second-order valence-electron chi connectivity index (χ2n) is 9.92. The molecule has 3 heterocycles. The number of fused-ring (bicyclic) bond motifs is 9. The fourth-order valence-electron chi connectivity index (χ4n) is 6.86. The Labute approximate surface area is 204 Å². The van der Waals surface area contributed by atoms with Gasteiger partial charge in [0, 0.05) is 42.4 Å². The molecule has 1 aromatic heterocycles. The average molecular weight is 500 g/mol. The maximum atomic E-state index is 13.3. The molecule has 178 valence electrons. The number of carbonyl (C=O) groups excluding carboxylic acids is 2. The van der Waals surface area contributed by atoms with Crippen molar-refractivity contribution in [1.29, 1.82) is 0 Å². The van der Waals surface area contributed by atoms with E-state index >= 15 is 0 Å². The molecule has 0 spiro atoms. The number of hydrogen-bond donors (Lipinski definition) is 2. The van der Waals surface area contributed by atoms with E-state index in [0.29, 0.717) is 0 Å². The molecule has 8 nitrogen and oxygen atoms in total. The maximum absolute atomic E-state index is 13.3. The number of aromatic nitrogens is 1. The lowest BCUT2D eigenvalue weighted by Crippen LogP contribution is -2.42. The molecule has 7 atom stereocenters. The van der Waals surface area contributed by atoms with E-state index in [-0.39, 0.29) is 70.4 Å². The predicted octanol–water partition coefficient (Wildman–Crippen LogP) is 2.45. The highest BCUT2D eigenvalue weighted by atomic mass is 32.2. The van der Waals surface area contributed by atoms with Crippen LogP contribution in [-0.2, 0) is 14.4 Å². The van der Waals surface area contributed by atoms with Gasteiger partial charge >= 0.3 is 10.8 Å². The lowest BCUT2D eigenvalue weighted by molar-refractivity contribution is -0.142. The first-order valence-electron chi connectivity index (χ1n) is 11.5. The van der Waals surface area contributed by atoms with Crippen LogP contribution in [0.2, 0.25) is 0 Å². The number of carboxylic acid groups (broad SMARTS) is 1. The van der Waals surface area contributed by atoms with E-state index in [0.717, 1.165) is 27.6 Å². The Kier molecular flexibility index (Phi) is 4.97. The SMILES string of the molecule is CN(C)c1ccc(C2c3sc(=O)[nH]c3SC3C4CC(C5C(=O)N(CCC(=O)O)C(=O)C45)C23)cc1. The van der Waals surface area contributed by atoms with Crippen molar-refractivity contribution in [3.63, 3.8) is 0 Å². The zero-order valence-corrected chi connectivity index (χ0v) is 20.4. The zero-order valence-electron chi connectivity index (χ0n) is 18.8. The molecular weight excluding hydrogens is 474 g/mol. The topological polar surface area (TPSA) is 111 Å². The van der Waals surface area contributed by atoms with Gasteiger partial charge < -0.3 is 15.0 Å². The van der Waals surface area contributed by atoms with Gasteiger partial charge in [0.05, 0.1) is 23.3 Å². The monoisotopic (exact) mass is 499 g/mol. The van der Waals surface area contributed by atoms with Gasteiger partial charge in [-0.3, -0.25) is 24.1 Å². The summed E-state index contributed by atoms with van der Waals surface area (Å²) in [5.41, 5.74) is 2.22. The third-order valence-corrected chi connectivity index (χ3v) is 10.7. The number of likely N-dealkylation sites (tertiary alicyclic amines) is 1. The highest BCUT2D eigenvalue weighted by molar-refractivity contribution is 8.00. The number of rotatable bonds is 5. The van der Waals surface area contributed by atoms with Crippen LogP contribution in [0.1, 0.15) is 29.2 Å². The number of carbonyl (C=O) groups is 3. The molecule has 2 saturated carbocycles. The zero-order chi connectivity index (χ0) is 23.9. The van der Waals surface area contributed by atoms with Gasteiger partial charge in [-0.25, -0.2) is 0 Å². The summed E-state index contributed by atoms with van der Waals surface area (Å²) < 4.78 is 0. The average Bonchev–Trinajstić information content (AvgIpc) is 3.51. The largest absolute Gasteiger partial charge is 0.481 e. The fraction of sp³-hybridized carbons (Fsp3) is 0.500. The van der Waals surface area contributed by atoms with Crippen molar-refractivity contribution in [2.45, 2.75) is 29.0 Å². The number of H-pyrrole nitrogens is 1. The van der Waals surface area contributed by atoms with Gasteiger partial charge in [-0.15, -0.1) is 11.8 Å². The lowest BCUT2D eigenvalue weighted by atomic mass is 9.68. The molecule has 2 aromatic rings. The first-order valence-corrected chi connectivity index (χ1v) is 13.2. The lowest BCUT2D eigenvalue weighted by Gasteiger charge is -2.43. The van der Waals surface area contributed by atoms with Crippen LogP contribution < -0.4 is 9.77 Å². The van der Waals surface area contributed by atoms with Crippen molar-refractivity contribution in [3.8, 4) is 0 Å². The Bertz CT molecular complexity index is 1250. The molecule has 2 aliphatic carbocycles. The number of hydrogen-bond acceptors (Lipinski definition) is 7. The Morgan fingerprint density at radius 3 is 2.44 bits per heavy atom. The van der Waals surface area contributed by atoms with Gasteiger partial charge in [0.1, 0.15) is 0 Å². The summed E-state index contributed by atoms with van der Waals surface area (Å²) in [4.78, 5) is 57.1. The Morgan fingerprint density at radius 2 is 1.79 bits per heavy atom. The number of benzene rings is 1. The smallest absolute Gasteiger partial charge is 0.305 e. The molecule has 4 aliphatic rings. The van der Waals surface area contributed by atoms with Crippen LogP contribution >= 0.6 is 23.1 Å². The van der Waals surface area contributed by atoms with Gasteiger partial charge in [-0.2, -0.15) is 0 Å². The minimum Gasteiger partial charge on any atom is -0.481 e. The van der Waals surface area contributed by atoms with Crippen LogP contribution in [0.15, 0.2) is 34.1 Å². The van der Waals surface area contributed by atoms with E-state index in [1.807, 2.05) is 19.0 Å². The normalized spacial score (nSPS) is 33.1. The van der Waals surface area contributed by atoms with Crippen LogP contribution in [0, 0.1) is 29.6 Å². The number of amides is 2. The number of aromatic amines is 1. The van der Waals surface area contributed by atoms with Crippen molar-refractivity contribution in [1.82, 2.24) is 9.88 Å². The summed E-state index contributed by atoms with van der Waals surface area (Å²) >= 11 is 2.91. The molecule has 1 aromatic carbocycles. The van der Waals surface area contributed by atoms with Crippen LogP contribution in [0.5, 0.6) is 0 Å². The van der Waals surface area contributed by atoms with Gasteiger partial charge in [-0.1, -0.05) is 23.5 Å². The molecule has 7 unspecified atom stereocenters. The summed E-state index contributed by atoms with van der Waals surface area (Å²) in [5, 5.41) is 10.1. The fourth-order valence-corrected chi connectivity index (χ4v) is 9.75. The molecule has 34 heavy (non-hydrogen) atoms. The molecule has 6 rings (SSSR count).